The van der Waals surface area contributed by atoms with Crippen LogP contribution in [0.15, 0.2) is 40.1 Å². The maximum Gasteiger partial charge on any atom is 0.289 e. The summed E-state index contributed by atoms with van der Waals surface area (Å²) < 4.78 is 18.9. The molecule has 0 atom stereocenters. The smallest absolute Gasteiger partial charge is 0.289 e. The molecule has 1 amide bonds. The molecule has 108 valence electrons. The van der Waals surface area contributed by atoms with Crippen LogP contribution >= 0.6 is 11.3 Å². The van der Waals surface area contributed by atoms with Gasteiger partial charge in [-0.15, -0.1) is 11.3 Å². The maximum atomic E-state index is 13.3. The molecule has 0 aliphatic heterocycles. The number of carbonyl (C=O) groups is 1. The number of amides is 1. The molecule has 1 aromatic carbocycles. The van der Waals surface area contributed by atoms with Crippen LogP contribution in [0.5, 0.6) is 0 Å². The fourth-order valence-electron chi connectivity index (χ4n) is 2.28. The average molecular weight is 303 g/mol. The molecule has 0 spiro atoms. The van der Waals surface area contributed by atoms with Gasteiger partial charge in [-0.25, -0.2) is 4.39 Å². The van der Waals surface area contributed by atoms with Crippen molar-refractivity contribution in [2.24, 2.45) is 0 Å². The zero-order valence-corrected chi connectivity index (χ0v) is 12.5. The van der Waals surface area contributed by atoms with Gasteiger partial charge in [0.2, 0.25) is 0 Å². The van der Waals surface area contributed by atoms with Gasteiger partial charge >= 0.3 is 0 Å². The normalized spacial score (nSPS) is 11.0. The number of halogens is 1. The van der Waals surface area contributed by atoms with E-state index in [0.717, 1.165) is 4.88 Å². The number of furan rings is 1. The summed E-state index contributed by atoms with van der Waals surface area (Å²) in [5.74, 6) is -0.260. The average Bonchev–Trinajstić information content (AvgIpc) is 3.07. The Bertz CT molecular complexity index is 792. The first-order valence-electron chi connectivity index (χ1n) is 6.53. The Hall–Kier alpha value is -2.14. The highest BCUT2D eigenvalue weighted by atomic mass is 32.1. The summed E-state index contributed by atoms with van der Waals surface area (Å²) in [5, 5.41) is 2.62. The number of aryl methyl sites for hydroxylation is 1. The number of fused-ring (bicyclic) bond motifs is 1. The zero-order chi connectivity index (χ0) is 15.0. The van der Waals surface area contributed by atoms with Gasteiger partial charge in [-0.1, -0.05) is 6.07 Å². The third-order valence-electron chi connectivity index (χ3n) is 3.41. The summed E-state index contributed by atoms with van der Waals surface area (Å²) in [6, 6.07) is 8.20. The second-order valence-corrected chi connectivity index (χ2v) is 5.97. The van der Waals surface area contributed by atoms with Crippen molar-refractivity contribution in [3.8, 4) is 0 Å². The van der Waals surface area contributed by atoms with E-state index in [0.29, 0.717) is 23.1 Å². The summed E-state index contributed by atoms with van der Waals surface area (Å²) in [6.45, 7) is 2.30. The lowest BCUT2D eigenvalue weighted by atomic mass is 10.1. The molecule has 0 unspecified atom stereocenters. The van der Waals surface area contributed by atoms with Crippen molar-refractivity contribution in [3.63, 3.8) is 0 Å². The summed E-state index contributed by atoms with van der Waals surface area (Å²) in [7, 11) is 1.73. The highest BCUT2D eigenvalue weighted by Gasteiger charge is 2.21. The van der Waals surface area contributed by atoms with Gasteiger partial charge in [0.05, 0.1) is 6.54 Å². The third-order valence-corrected chi connectivity index (χ3v) is 4.27. The SMILES string of the molecule is Cc1c(C(=O)N(C)Cc2cccs2)oc2ccc(F)cc12. The van der Waals surface area contributed by atoms with E-state index in [-0.39, 0.29) is 17.5 Å². The van der Waals surface area contributed by atoms with E-state index in [4.69, 9.17) is 4.42 Å². The van der Waals surface area contributed by atoms with Crippen LogP contribution < -0.4 is 0 Å². The van der Waals surface area contributed by atoms with E-state index in [1.54, 1.807) is 36.3 Å². The van der Waals surface area contributed by atoms with Gasteiger partial charge in [-0.05, 0) is 36.6 Å². The number of hydrogen-bond acceptors (Lipinski definition) is 3. The summed E-state index contributed by atoms with van der Waals surface area (Å²) >= 11 is 1.60. The molecule has 0 radical (unpaired) electrons. The third kappa shape index (κ3) is 2.56. The van der Waals surface area contributed by atoms with Gasteiger partial charge in [0, 0.05) is 22.9 Å². The van der Waals surface area contributed by atoms with Crippen molar-refractivity contribution in [3.05, 3.63) is 57.7 Å². The molecule has 2 heterocycles. The monoisotopic (exact) mass is 303 g/mol. The van der Waals surface area contributed by atoms with Crippen molar-refractivity contribution in [2.75, 3.05) is 7.05 Å². The first kappa shape index (κ1) is 13.8. The maximum absolute atomic E-state index is 13.3. The lowest BCUT2D eigenvalue weighted by Gasteiger charge is -2.14. The van der Waals surface area contributed by atoms with Crippen molar-refractivity contribution in [2.45, 2.75) is 13.5 Å². The predicted molar refractivity (Wildman–Crippen MR) is 81.0 cm³/mol. The van der Waals surface area contributed by atoms with Crippen molar-refractivity contribution < 1.29 is 13.6 Å². The number of hydrogen-bond donors (Lipinski definition) is 0. The van der Waals surface area contributed by atoms with Crippen molar-refractivity contribution >= 4 is 28.2 Å². The Labute approximate surface area is 125 Å². The quantitative estimate of drug-likeness (QED) is 0.726. The first-order chi connectivity index (χ1) is 10.1. The Morgan fingerprint density at radius 2 is 2.19 bits per heavy atom. The minimum atomic E-state index is -0.336. The minimum absolute atomic E-state index is 0.197. The van der Waals surface area contributed by atoms with Gasteiger partial charge in [0.25, 0.3) is 5.91 Å². The summed E-state index contributed by atoms with van der Waals surface area (Å²) in [6.07, 6.45) is 0. The van der Waals surface area contributed by atoms with Crippen molar-refractivity contribution in [1.82, 2.24) is 4.90 Å². The first-order valence-corrected chi connectivity index (χ1v) is 7.40. The molecule has 0 bridgehead atoms. The van der Waals surface area contributed by atoms with Gasteiger partial charge < -0.3 is 9.32 Å². The van der Waals surface area contributed by atoms with E-state index >= 15 is 0 Å². The van der Waals surface area contributed by atoms with E-state index in [9.17, 15) is 9.18 Å². The number of benzene rings is 1. The highest BCUT2D eigenvalue weighted by Crippen LogP contribution is 2.27. The van der Waals surface area contributed by atoms with Crippen molar-refractivity contribution in [1.29, 1.82) is 0 Å². The van der Waals surface area contributed by atoms with Crippen LogP contribution in [-0.2, 0) is 6.54 Å². The van der Waals surface area contributed by atoms with E-state index in [2.05, 4.69) is 0 Å². The molecule has 0 N–H and O–H groups in total. The molecular formula is C16H14FNO2S. The molecule has 3 rings (SSSR count). The van der Waals surface area contributed by atoms with Crippen LogP contribution in [0, 0.1) is 12.7 Å². The molecule has 0 aliphatic carbocycles. The molecule has 0 aliphatic rings. The lowest BCUT2D eigenvalue weighted by Crippen LogP contribution is -2.25. The second kappa shape index (κ2) is 5.33. The second-order valence-electron chi connectivity index (χ2n) is 4.94. The standard InChI is InChI=1S/C16H14FNO2S/c1-10-13-8-11(17)5-6-14(13)20-15(10)16(19)18(2)9-12-4-3-7-21-12/h3-8H,9H2,1-2H3. The molecule has 21 heavy (non-hydrogen) atoms. The number of rotatable bonds is 3. The van der Waals surface area contributed by atoms with E-state index in [1.165, 1.54) is 12.1 Å². The summed E-state index contributed by atoms with van der Waals surface area (Å²) in [4.78, 5) is 15.2. The summed E-state index contributed by atoms with van der Waals surface area (Å²) in [5.41, 5.74) is 1.20. The van der Waals surface area contributed by atoms with Crippen LogP contribution in [-0.4, -0.2) is 17.9 Å². The lowest BCUT2D eigenvalue weighted by molar-refractivity contribution is 0.0756. The molecule has 3 aromatic rings. The Kier molecular flexibility index (Phi) is 3.51. The van der Waals surface area contributed by atoms with Crippen LogP contribution in [0.2, 0.25) is 0 Å². The van der Waals surface area contributed by atoms with E-state index in [1.807, 2.05) is 17.5 Å². The van der Waals surface area contributed by atoms with Gasteiger partial charge in [0.15, 0.2) is 5.76 Å². The molecule has 0 fully saturated rings. The highest BCUT2D eigenvalue weighted by molar-refractivity contribution is 7.09. The van der Waals surface area contributed by atoms with Crippen LogP contribution in [0.3, 0.4) is 0 Å². The molecule has 3 nitrogen and oxygen atoms in total. The fraction of sp³-hybridized carbons (Fsp3) is 0.188. The topological polar surface area (TPSA) is 33.5 Å². The van der Waals surface area contributed by atoms with Crippen LogP contribution in [0.25, 0.3) is 11.0 Å². The Morgan fingerprint density at radius 1 is 1.38 bits per heavy atom. The number of nitrogens with zero attached hydrogens (tertiary/aromatic N) is 1. The van der Waals surface area contributed by atoms with Crippen LogP contribution in [0.4, 0.5) is 4.39 Å². The predicted octanol–water partition coefficient (Wildman–Crippen LogP) is 4.21. The fourth-order valence-corrected chi connectivity index (χ4v) is 3.04. The van der Waals surface area contributed by atoms with Gasteiger partial charge in [-0.3, -0.25) is 4.79 Å². The number of thiophene rings is 1. The Morgan fingerprint density at radius 3 is 2.90 bits per heavy atom. The molecule has 0 saturated heterocycles. The van der Waals surface area contributed by atoms with Crippen LogP contribution in [0.1, 0.15) is 21.0 Å². The van der Waals surface area contributed by atoms with E-state index < -0.39 is 0 Å². The number of carbonyl (C=O) groups excluding carboxylic acids is 1. The molecule has 2 aromatic heterocycles. The van der Waals surface area contributed by atoms with Gasteiger partial charge in [-0.2, -0.15) is 0 Å². The molecular weight excluding hydrogens is 289 g/mol. The Balaban J connectivity index is 1.92. The minimum Gasteiger partial charge on any atom is -0.451 e. The molecule has 0 saturated carbocycles. The largest absolute Gasteiger partial charge is 0.451 e. The van der Waals surface area contributed by atoms with Gasteiger partial charge in [0.1, 0.15) is 11.4 Å². The zero-order valence-electron chi connectivity index (χ0n) is 11.7. The molecule has 5 heteroatoms.